The van der Waals surface area contributed by atoms with Crippen molar-refractivity contribution in [3.63, 3.8) is 0 Å². The molecule has 1 rings (SSSR count). The summed E-state index contributed by atoms with van der Waals surface area (Å²) in [6.45, 7) is 2.34. The predicted molar refractivity (Wildman–Crippen MR) is 54.8 cm³/mol. The smallest absolute Gasteiger partial charge is 0.344 e. The number of carbonyl (C=O) groups is 1. The standard InChI is InChI=1S/C11H11F4NO2/c1-11(2,16)5-8(14)6(12)4(10(17)18-3)7(13)9(5)15/h16H2,1-3H3. The minimum Gasteiger partial charge on any atom is -0.465 e. The maximum atomic E-state index is 13.6. The van der Waals surface area contributed by atoms with E-state index in [9.17, 15) is 22.4 Å². The summed E-state index contributed by atoms with van der Waals surface area (Å²) in [5, 5.41) is 0. The van der Waals surface area contributed by atoms with Gasteiger partial charge in [-0.3, -0.25) is 0 Å². The minimum absolute atomic E-state index is 0.831. The van der Waals surface area contributed by atoms with E-state index in [-0.39, 0.29) is 0 Å². The first kappa shape index (κ1) is 14.4. The molecule has 0 heterocycles. The molecule has 0 atom stereocenters. The largest absolute Gasteiger partial charge is 0.465 e. The SMILES string of the molecule is COC(=O)c1c(F)c(F)c(C(C)(C)N)c(F)c1F. The third-order valence-electron chi connectivity index (χ3n) is 2.30. The molecule has 100 valence electrons. The van der Waals surface area contributed by atoms with E-state index in [1.807, 2.05) is 0 Å². The Labute approximate surface area is 101 Å². The molecule has 0 aliphatic heterocycles. The van der Waals surface area contributed by atoms with Gasteiger partial charge in [0.1, 0.15) is 5.56 Å². The number of carbonyl (C=O) groups excluding carboxylic acids is 1. The van der Waals surface area contributed by atoms with Crippen molar-refractivity contribution in [1.29, 1.82) is 0 Å². The maximum absolute atomic E-state index is 13.6. The third-order valence-corrected chi connectivity index (χ3v) is 2.30. The Morgan fingerprint density at radius 3 is 1.72 bits per heavy atom. The second kappa shape index (κ2) is 4.56. The van der Waals surface area contributed by atoms with Crippen molar-refractivity contribution >= 4 is 5.97 Å². The van der Waals surface area contributed by atoms with Crippen molar-refractivity contribution in [2.24, 2.45) is 5.73 Å². The lowest BCUT2D eigenvalue weighted by Crippen LogP contribution is -2.33. The van der Waals surface area contributed by atoms with Crippen LogP contribution in [0.15, 0.2) is 0 Å². The molecule has 0 aliphatic carbocycles. The number of hydrogen-bond acceptors (Lipinski definition) is 3. The summed E-state index contributed by atoms with van der Waals surface area (Å²) in [5.41, 5.74) is 1.39. The summed E-state index contributed by atoms with van der Waals surface area (Å²) in [4.78, 5) is 11.1. The number of benzene rings is 1. The van der Waals surface area contributed by atoms with Gasteiger partial charge in [-0.1, -0.05) is 0 Å². The van der Waals surface area contributed by atoms with Gasteiger partial charge in [-0.25, -0.2) is 22.4 Å². The second-order valence-corrected chi connectivity index (χ2v) is 4.22. The van der Waals surface area contributed by atoms with E-state index in [1.165, 1.54) is 13.8 Å². The summed E-state index contributed by atoms with van der Waals surface area (Å²) in [7, 11) is 0.831. The van der Waals surface area contributed by atoms with Crippen LogP contribution in [0.3, 0.4) is 0 Å². The number of ether oxygens (including phenoxy) is 1. The van der Waals surface area contributed by atoms with Crippen LogP contribution in [0.25, 0.3) is 0 Å². The fourth-order valence-corrected chi connectivity index (χ4v) is 1.48. The molecule has 0 radical (unpaired) electrons. The Bertz CT molecular complexity index is 480. The molecule has 0 spiro atoms. The van der Waals surface area contributed by atoms with Gasteiger partial charge in [0, 0.05) is 11.1 Å². The quantitative estimate of drug-likeness (QED) is 0.507. The molecule has 0 saturated carbocycles. The van der Waals surface area contributed by atoms with Crippen LogP contribution in [0, 0.1) is 23.3 Å². The van der Waals surface area contributed by atoms with Crippen molar-refractivity contribution in [3.05, 3.63) is 34.4 Å². The molecule has 0 aliphatic rings. The van der Waals surface area contributed by atoms with Crippen molar-refractivity contribution in [2.45, 2.75) is 19.4 Å². The number of methoxy groups -OCH3 is 1. The summed E-state index contributed by atoms with van der Waals surface area (Å²) < 4.78 is 58.4. The van der Waals surface area contributed by atoms with Crippen molar-refractivity contribution in [1.82, 2.24) is 0 Å². The summed E-state index contributed by atoms with van der Waals surface area (Å²) in [5.74, 6) is -8.57. The highest BCUT2D eigenvalue weighted by atomic mass is 19.2. The van der Waals surface area contributed by atoms with Crippen LogP contribution in [-0.2, 0) is 10.3 Å². The molecule has 3 nitrogen and oxygen atoms in total. The van der Waals surface area contributed by atoms with Crippen LogP contribution in [0.5, 0.6) is 0 Å². The Kier molecular flexibility index (Phi) is 3.66. The van der Waals surface area contributed by atoms with Gasteiger partial charge in [0.2, 0.25) is 0 Å². The van der Waals surface area contributed by atoms with Gasteiger partial charge in [-0.15, -0.1) is 0 Å². The van der Waals surface area contributed by atoms with Gasteiger partial charge in [0.05, 0.1) is 7.11 Å². The highest BCUT2D eigenvalue weighted by molar-refractivity contribution is 5.90. The van der Waals surface area contributed by atoms with Crippen LogP contribution >= 0.6 is 0 Å². The molecule has 1 aromatic rings. The molecule has 7 heteroatoms. The molecule has 0 saturated heterocycles. The zero-order valence-corrected chi connectivity index (χ0v) is 9.91. The van der Waals surface area contributed by atoms with E-state index < -0.39 is 45.9 Å². The third kappa shape index (κ3) is 2.17. The normalized spacial score (nSPS) is 11.6. The minimum atomic E-state index is -1.82. The van der Waals surface area contributed by atoms with Crippen LogP contribution < -0.4 is 5.73 Å². The first-order chi connectivity index (χ1) is 8.12. The van der Waals surface area contributed by atoms with Crippen LogP contribution in [0.1, 0.15) is 29.8 Å². The number of esters is 1. The lowest BCUT2D eigenvalue weighted by Gasteiger charge is -2.22. The molecule has 0 fully saturated rings. The van der Waals surface area contributed by atoms with Gasteiger partial charge >= 0.3 is 5.97 Å². The second-order valence-electron chi connectivity index (χ2n) is 4.22. The van der Waals surface area contributed by atoms with E-state index in [2.05, 4.69) is 4.74 Å². The molecular formula is C11H11F4NO2. The van der Waals surface area contributed by atoms with Crippen LogP contribution in [0.2, 0.25) is 0 Å². The van der Waals surface area contributed by atoms with E-state index in [1.54, 1.807) is 0 Å². The lowest BCUT2D eigenvalue weighted by molar-refractivity contribution is 0.0586. The van der Waals surface area contributed by atoms with E-state index in [4.69, 9.17) is 5.73 Å². The number of halogens is 4. The molecule has 2 N–H and O–H groups in total. The number of hydrogen-bond donors (Lipinski definition) is 1. The highest BCUT2D eigenvalue weighted by Crippen LogP contribution is 2.30. The zero-order chi connectivity index (χ0) is 14.2. The zero-order valence-electron chi connectivity index (χ0n) is 9.91. The Morgan fingerprint density at radius 2 is 1.44 bits per heavy atom. The first-order valence-electron chi connectivity index (χ1n) is 4.86. The Morgan fingerprint density at radius 1 is 1.06 bits per heavy atom. The average Bonchev–Trinajstić information content (AvgIpc) is 2.24. The molecular weight excluding hydrogens is 254 g/mol. The summed E-state index contributed by atoms with van der Waals surface area (Å²) in [6, 6.07) is 0. The van der Waals surface area contributed by atoms with Crippen molar-refractivity contribution in [2.75, 3.05) is 7.11 Å². The molecule has 18 heavy (non-hydrogen) atoms. The fraction of sp³-hybridized carbons (Fsp3) is 0.364. The highest BCUT2D eigenvalue weighted by Gasteiger charge is 2.34. The molecule has 1 aromatic carbocycles. The van der Waals surface area contributed by atoms with E-state index >= 15 is 0 Å². The van der Waals surface area contributed by atoms with Gasteiger partial charge < -0.3 is 10.5 Å². The molecule has 0 aromatic heterocycles. The monoisotopic (exact) mass is 265 g/mol. The van der Waals surface area contributed by atoms with Crippen molar-refractivity contribution in [3.8, 4) is 0 Å². The van der Waals surface area contributed by atoms with E-state index in [0.29, 0.717) is 0 Å². The summed E-state index contributed by atoms with van der Waals surface area (Å²) >= 11 is 0. The molecule has 0 bridgehead atoms. The van der Waals surface area contributed by atoms with Gasteiger partial charge in [-0.05, 0) is 13.8 Å². The predicted octanol–water partition coefficient (Wildman–Crippen LogP) is 2.22. The van der Waals surface area contributed by atoms with Gasteiger partial charge in [0.25, 0.3) is 0 Å². The van der Waals surface area contributed by atoms with Crippen molar-refractivity contribution < 1.29 is 27.1 Å². The average molecular weight is 265 g/mol. The topological polar surface area (TPSA) is 52.3 Å². The van der Waals surface area contributed by atoms with Gasteiger partial charge in [0.15, 0.2) is 23.3 Å². The van der Waals surface area contributed by atoms with Crippen LogP contribution in [-0.4, -0.2) is 13.1 Å². The maximum Gasteiger partial charge on any atom is 0.344 e. The summed E-state index contributed by atoms with van der Waals surface area (Å²) in [6.07, 6.45) is 0. The van der Waals surface area contributed by atoms with Crippen LogP contribution in [0.4, 0.5) is 17.6 Å². The molecule has 0 unspecified atom stereocenters. The Balaban J connectivity index is 3.72. The Hall–Kier alpha value is -1.63. The van der Waals surface area contributed by atoms with E-state index in [0.717, 1.165) is 7.11 Å². The molecule has 0 amide bonds. The number of nitrogens with two attached hydrogens (primary N) is 1. The first-order valence-corrected chi connectivity index (χ1v) is 4.86. The number of rotatable bonds is 2. The lowest BCUT2D eigenvalue weighted by atomic mass is 9.92. The van der Waals surface area contributed by atoms with Gasteiger partial charge in [-0.2, -0.15) is 0 Å². The fourth-order valence-electron chi connectivity index (χ4n) is 1.48.